The van der Waals surface area contributed by atoms with E-state index in [0.29, 0.717) is 25.4 Å². The Kier molecular flexibility index (Phi) is 7.65. The number of carbonyl (C=O) groups is 1. The second kappa shape index (κ2) is 10.3. The Morgan fingerprint density at radius 3 is 2.48 bits per heavy atom. The van der Waals surface area contributed by atoms with Gasteiger partial charge in [0.2, 0.25) is 5.91 Å². The standard InChI is InChI=1S/C25H28F3N3O2/c1-17(2)31(13-18-7-5-4-6-8-18)24(32)22-15-30(14-20(22)16-33-3)21-10-9-19(12-29)23(11-21)25(26,27)28/h4-11,17,20,22H,13-16H2,1-3H3/t20-,22+/m1/s1. The van der Waals surface area contributed by atoms with Crippen LogP contribution in [0, 0.1) is 23.2 Å². The molecule has 176 valence electrons. The zero-order valence-corrected chi connectivity index (χ0v) is 19.0. The van der Waals surface area contributed by atoms with E-state index in [1.165, 1.54) is 12.1 Å². The van der Waals surface area contributed by atoms with Crippen LogP contribution in [0.25, 0.3) is 0 Å². The molecule has 1 fully saturated rings. The van der Waals surface area contributed by atoms with E-state index in [0.717, 1.165) is 11.6 Å². The van der Waals surface area contributed by atoms with E-state index in [4.69, 9.17) is 10.00 Å². The van der Waals surface area contributed by atoms with Gasteiger partial charge < -0.3 is 14.5 Å². The van der Waals surface area contributed by atoms with Gasteiger partial charge in [-0.3, -0.25) is 4.79 Å². The molecule has 0 unspecified atom stereocenters. The molecule has 0 N–H and O–H groups in total. The summed E-state index contributed by atoms with van der Waals surface area (Å²) in [7, 11) is 1.55. The van der Waals surface area contributed by atoms with Crippen LogP contribution in [0.2, 0.25) is 0 Å². The zero-order chi connectivity index (χ0) is 24.2. The molecule has 3 rings (SSSR count). The minimum Gasteiger partial charge on any atom is -0.384 e. The molecule has 2 atom stereocenters. The molecule has 1 aliphatic heterocycles. The van der Waals surface area contributed by atoms with Crippen LogP contribution in [0.5, 0.6) is 0 Å². The maximum Gasteiger partial charge on any atom is 0.417 e. The fourth-order valence-corrected chi connectivity index (χ4v) is 4.31. The fourth-order valence-electron chi connectivity index (χ4n) is 4.31. The summed E-state index contributed by atoms with van der Waals surface area (Å²) in [6.45, 7) is 5.37. The van der Waals surface area contributed by atoms with Crippen LogP contribution in [0.3, 0.4) is 0 Å². The zero-order valence-electron chi connectivity index (χ0n) is 19.0. The summed E-state index contributed by atoms with van der Waals surface area (Å²) in [5.74, 6) is -0.617. The Balaban J connectivity index is 1.87. The molecule has 0 spiro atoms. The summed E-state index contributed by atoms with van der Waals surface area (Å²) in [5.41, 5.74) is -0.0229. The van der Waals surface area contributed by atoms with Crippen molar-refractivity contribution in [3.05, 3.63) is 65.2 Å². The molecule has 0 aromatic heterocycles. The third kappa shape index (κ3) is 5.66. The SMILES string of the molecule is COC[C@H]1CN(c2ccc(C#N)c(C(F)(F)F)c2)C[C@@H]1C(=O)N(Cc1ccccc1)C(C)C. The van der Waals surface area contributed by atoms with Gasteiger partial charge in [0.15, 0.2) is 0 Å². The van der Waals surface area contributed by atoms with Gasteiger partial charge in [0.25, 0.3) is 0 Å². The molecule has 8 heteroatoms. The quantitative estimate of drug-likeness (QED) is 0.602. The topological polar surface area (TPSA) is 56.6 Å². The first-order valence-electron chi connectivity index (χ1n) is 10.8. The molecule has 5 nitrogen and oxygen atoms in total. The van der Waals surface area contributed by atoms with Crippen LogP contribution < -0.4 is 4.90 Å². The molecule has 33 heavy (non-hydrogen) atoms. The first kappa shape index (κ1) is 24.6. The van der Waals surface area contributed by atoms with Crippen LogP contribution in [0.1, 0.15) is 30.5 Å². The van der Waals surface area contributed by atoms with E-state index in [2.05, 4.69) is 0 Å². The number of benzene rings is 2. The average molecular weight is 460 g/mol. The number of nitriles is 1. The maximum absolute atomic E-state index is 13.6. The lowest BCUT2D eigenvalue weighted by atomic mass is 9.94. The van der Waals surface area contributed by atoms with Gasteiger partial charge in [0, 0.05) is 44.4 Å². The van der Waals surface area contributed by atoms with Gasteiger partial charge in [-0.25, -0.2) is 0 Å². The number of carbonyl (C=O) groups excluding carboxylic acids is 1. The van der Waals surface area contributed by atoms with E-state index in [-0.39, 0.29) is 24.4 Å². The molecule has 0 radical (unpaired) electrons. The molecule has 1 heterocycles. The van der Waals surface area contributed by atoms with Crippen LogP contribution in [-0.2, 0) is 22.3 Å². The predicted molar refractivity (Wildman–Crippen MR) is 119 cm³/mol. The highest BCUT2D eigenvalue weighted by atomic mass is 19.4. The summed E-state index contributed by atoms with van der Waals surface area (Å²) in [6, 6.07) is 15.0. The first-order chi connectivity index (χ1) is 15.7. The number of methoxy groups -OCH3 is 1. The van der Waals surface area contributed by atoms with Crippen LogP contribution in [-0.4, -0.2) is 43.7 Å². The lowest BCUT2D eigenvalue weighted by molar-refractivity contribution is -0.139. The van der Waals surface area contributed by atoms with Gasteiger partial charge in [-0.1, -0.05) is 30.3 Å². The van der Waals surface area contributed by atoms with Crippen molar-refractivity contribution in [1.82, 2.24) is 4.90 Å². The van der Waals surface area contributed by atoms with Crippen molar-refractivity contribution in [1.29, 1.82) is 5.26 Å². The largest absolute Gasteiger partial charge is 0.417 e. The van der Waals surface area contributed by atoms with Crippen molar-refractivity contribution >= 4 is 11.6 Å². The van der Waals surface area contributed by atoms with Gasteiger partial charge in [0.05, 0.1) is 29.7 Å². The van der Waals surface area contributed by atoms with Crippen molar-refractivity contribution in [3.8, 4) is 6.07 Å². The van der Waals surface area contributed by atoms with Gasteiger partial charge >= 0.3 is 6.18 Å². The first-order valence-corrected chi connectivity index (χ1v) is 10.8. The summed E-state index contributed by atoms with van der Waals surface area (Å²) >= 11 is 0. The molecular formula is C25H28F3N3O2. The summed E-state index contributed by atoms with van der Waals surface area (Å²) in [6.07, 6.45) is -4.63. The van der Waals surface area contributed by atoms with Crippen LogP contribution in [0.15, 0.2) is 48.5 Å². The second-order valence-electron chi connectivity index (χ2n) is 8.61. The lowest BCUT2D eigenvalue weighted by Crippen LogP contribution is -2.43. The minimum absolute atomic E-state index is 0.0388. The number of ether oxygens (including phenoxy) is 1. The smallest absolute Gasteiger partial charge is 0.384 e. The Hall–Kier alpha value is -3.05. The van der Waals surface area contributed by atoms with Gasteiger partial charge in [0.1, 0.15) is 0 Å². The predicted octanol–water partition coefficient (Wildman–Crippen LogP) is 4.71. The molecule has 1 saturated heterocycles. The minimum atomic E-state index is -4.63. The summed E-state index contributed by atoms with van der Waals surface area (Å²) < 4.78 is 45.7. The molecule has 1 aliphatic rings. The van der Waals surface area contributed by atoms with Gasteiger partial charge in [-0.2, -0.15) is 18.4 Å². The molecule has 2 aromatic rings. The van der Waals surface area contributed by atoms with E-state index in [9.17, 15) is 18.0 Å². The lowest BCUT2D eigenvalue weighted by Gasteiger charge is -2.31. The van der Waals surface area contributed by atoms with Crippen molar-refractivity contribution in [2.75, 3.05) is 31.7 Å². The molecule has 0 saturated carbocycles. The molecule has 2 aromatic carbocycles. The number of hydrogen-bond donors (Lipinski definition) is 0. The monoisotopic (exact) mass is 459 g/mol. The molecule has 1 amide bonds. The number of hydrogen-bond acceptors (Lipinski definition) is 4. The van der Waals surface area contributed by atoms with Gasteiger partial charge in [-0.15, -0.1) is 0 Å². The second-order valence-corrected chi connectivity index (χ2v) is 8.61. The van der Waals surface area contributed by atoms with E-state index >= 15 is 0 Å². The Labute approximate surface area is 192 Å². The number of halogens is 3. The van der Waals surface area contributed by atoms with Gasteiger partial charge in [-0.05, 0) is 37.6 Å². The number of alkyl halides is 3. The summed E-state index contributed by atoms with van der Waals surface area (Å²) in [5, 5.41) is 9.07. The fraction of sp³-hybridized carbons (Fsp3) is 0.440. The van der Waals surface area contributed by atoms with Crippen LogP contribution >= 0.6 is 0 Å². The highest BCUT2D eigenvalue weighted by Gasteiger charge is 2.41. The number of nitrogens with zero attached hydrogens (tertiary/aromatic N) is 3. The van der Waals surface area contributed by atoms with E-state index in [1.54, 1.807) is 18.1 Å². The van der Waals surface area contributed by atoms with Crippen molar-refractivity contribution in [3.63, 3.8) is 0 Å². The number of rotatable bonds is 7. The third-order valence-corrected chi connectivity index (χ3v) is 6.04. The third-order valence-electron chi connectivity index (χ3n) is 6.04. The molecule has 0 aliphatic carbocycles. The number of amides is 1. The molecule has 0 bridgehead atoms. The summed E-state index contributed by atoms with van der Waals surface area (Å²) in [4.78, 5) is 17.2. The van der Waals surface area contributed by atoms with E-state index < -0.39 is 23.2 Å². The normalized spacial score (nSPS) is 18.4. The van der Waals surface area contributed by atoms with E-state index in [1.807, 2.05) is 49.1 Å². The maximum atomic E-state index is 13.6. The highest BCUT2D eigenvalue weighted by Crippen LogP contribution is 2.37. The number of anilines is 1. The Morgan fingerprint density at radius 2 is 1.91 bits per heavy atom. The Morgan fingerprint density at radius 1 is 1.21 bits per heavy atom. The van der Waals surface area contributed by atoms with Crippen LogP contribution in [0.4, 0.5) is 18.9 Å². The average Bonchev–Trinajstić information content (AvgIpc) is 3.20. The van der Waals surface area contributed by atoms with Crippen molar-refractivity contribution in [2.45, 2.75) is 32.6 Å². The highest BCUT2D eigenvalue weighted by molar-refractivity contribution is 5.81. The molecular weight excluding hydrogens is 431 g/mol. The Bertz CT molecular complexity index is 1000. The van der Waals surface area contributed by atoms with Crippen molar-refractivity contribution in [2.24, 2.45) is 11.8 Å². The van der Waals surface area contributed by atoms with Crippen molar-refractivity contribution < 1.29 is 22.7 Å².